The van der Waals surface area contributed by atoms with Crippen LogP contribution in [0.5, 0.6) is 0 Å². The molecule has 0 aliphatic rings. The molecule has 0 radical (unpaired) electrons. The van der Waals surface area contributed by atoms with Gasteiger partial charge in [-0.3, -0.25) is 9.59 Å². The van der Waals surface area contributed by atoms with E-state index in [1.54, 1.807) is 25.1 Å². The normalized spacial score (nSPS) is 10.1. The Labute approximate surface area is 102 Å². The smallest absolute Gasteiger partial charge is 0.297 e. The van der Waals surface area contributed by atoms with E-state index in [2.05, 4.69) is 25.9 Å². The summed E-state index contributed by atoms with van der Waals surface area (Å²) in [6.07, 6.45) is 0. The SMILES string of the molecule is Cc1c(NC(=O)c2nn[nH]n2)cccc1C(N)=O. The van der Waals surface area contributed by atoms with Gasteiger partial charge in [-0.25, -0.2) is 0 Å². The fraction of sp³-hybridized carbons (Fsp3) is 0.100. The molecule has 2 aromatic rings. The molecule has 8 heteroatoms. The van der Waals surface area contributed by atoms with Crippen molar-refractivity contribution in [3.05, 3.63) is 35.2 Å². The van der Waals surface area contributed by atoms with Crippen LogP contribution in [0.2, 0.25) is 0 Å². The maximum Gasteiger partial charge on any atom is 0.297 e. The van der Waals surface area contributed by atoms with Crippen molar-refractivity contribution in [1.82, 2.24) is 20.6 Å². The first-order valence-electron chi connectivity index (χ1n) is 5.04. The number of carbonyl (C=O) groups excluding carboxylic acids is 2. The Hall–Kier alpha value is -2.77. The minimum atomic E-state index is -0.553. The number of tetrazole rings is 1. The molecule has 0 fully saturated rings. The lowest BCUT2D eigenvalue weighted by Gasteiger charge is -2.09. The van der Waals surface area contributed by atoms with Crippen LogP contribution in [-0.4, -0.2) is 32.4 Å². The van der Waals surface area contributed by atoms with E-state index in [1.165, 1.54) is 0 Å². The van der Waals surface area contributed by atoms with Gasteiger partial charge in [0.1, 0.15) is 0 Å². The van der Waals surface area contributed by atoms with Gasteiger partial charge in [0.2, 0.25) is 5.91 Å². The van der Waals surface area contributed by atoms with Crippen LogP contribution in [0.1, 0.15) is 26.5 Å². The van der Waals surface area contributed by atoms with E-state index in [4.69, 9.17) is 5.73 Å². The van der Waals surface area contributed by atoms with Gasteiger partial charge in [-0.2, -0.15) is 5.21 Å². The predicted molar refractivity (Wildman–Crippen MR) is 61.8 cm³/mol. The number of hydrogen-bond acceptors (Lipinski definition) is 5. The highest BCUT2D eigenvalue weighted by molar-refractivity contribution is 6.03. The van der Waals surface area contributed by atoms with Gasteiger partial charge < -0.3 is 11.1 Å². The second-order valence-electron chi connectivity index (χ2n) is 3.53. The lowest BCUT2D eigenvalue weighted by atomic mass is 10.1. The van der Waals surface area contributed by atoms with Gasteiger partial charge >= 0.3 is 0 Å². The largest absolute Gasteiger partial charge is 0.366 e. The van der Waals surface area contributed by atoms with E-state index < -0.39 is 11.8 Å². The molecule has 0 bridgehead atoms. The fourth-order valence-corrected chi connectivity index (χ4v) is 1.47. The third-order valence-electron chi connectivity index (χ3n) is 2.40. The summed E-state index contributed by atoms with van der Waals surface area (Å²) in [6, 6.07) is 4.86. The summed E-state index contributed by atoms with van der Waals surface area (Å²) in [5, 5.41) is 15.1. The first-order chi connectivity index (χ1) is 8.59. The van der Waals surface area contributed by atoms with Gasteiger partial charge in [0.15, 0.2) is 0 Å². The zero-order valence-corrected chi connectivity index (χ0v) is 9.47. The summed E-state index contributed by atoms with van der Waals surface area (Å²) < 4.78 is 0. The van der Waals surface area contributed by atoms with E-state index in [1.807, 2.05) is 0 Å². The van der Waals surface area contributed by atoms with Gasteiger partial charge in [0, 0.05) is 11.3 Å². The Bertz CT molecular complexity index is 592. The molecule has 18 heavy (non-hydrogen) atoms. The molecule has 0 saturated heterocycles. The van der Waals surface area contributed by atoms with E-state index in [0.29, 0.717) is 16.8 Å². The Kier molecular flexibility index (Phi) is 3.00. The minimum absolute atomic E-state index is 0.0844. The molecule has 8 nitrogen and oxygen atoms in total. The minimum Gasteiger partial charge on any atom is -0.366 e. The zero-order valence-electron chi connectivity index (χ0n) is 9.47. The van der Waals surface area contributed by atoms with Crippen LogP contribution in [0.3, 0.4) is 0 Å². The summed E-state index contributed by atoms with van der Waals surface area (Å²) in [7, 11) is 0. The predicted octanol–water partition coefficient (Wildman–Crippen LogP) is -0.141. The average Bonchev–Trinajstić information content (AvgIpc) is 2.85. The van der Waals surface area contributed by atoms with Crippen LogP contribution in [0.4, 0.5) is 5.69 Å². The maximum absolute atomic E-state index is 11.7. The van der Waals surface area contributed by atoms with Crippen LogP contribution in [-0.2, 0) is 0 Å². The van der Waals surface area contributed by atoms with Gasteiger partial charge in [-0.05, 0) is 29.8 Å². The molecule has 0 aliphatic carbocycles. The summed E-state index contributed by atoms with van der Waals surface area (Å²) >= 11 is 0. The topological polar surface area (TPSA) is 127 Å². The number of nitrogens with zero attached hydrogens (tertiary/aromatic N) is 3. The standard InChI is InChI=1S/C10H10N6O2/c1-5-6(8(11)17)3-2-4-7(5)12-10(18)9-13-15-16-14-9/h2-4H,1H3,(H2,11,17)(H,12,18)(H,13,14,15,16). The number of aromatic nitrogens is 4. The van der Waals surface area contributed by atoms with Gasteiger partial charge in [0.25, 0.3) is 11.7 Å². The second kappa shape index (κ2) is 4.62. The van der Waals surface area contributed by atoms with Gasteiger partial charge in [-0.1, -0.05) is 6.07 Å². The van der Waals surface area contributed by atoms with Crippen molar-refractivity contribution in [3.8, 4) is 0 Å². The van der Waals surface area contributed by atoms with E-state index in [9.17, 15) is 9.59 Å². The number of nitrogens with two attached hydrogens (primary N) is 1. The van der Waals surface area contributed by atoms with E-state index in [-0.39, 0.29) is 5.82 Å². The van der Waals surface area contributed by atoms with Crippen LogP contribution in [0.25, 0.3) is 0 Å². The monoisotopic (exact) mass is 246 g/mol. The van der Waals surface area contributed by atoms with Crippen LogP contribution in [0.15, 0.2) is 18.2 Å². The van der Waals surface area contributed by atoms with Crippen LogP contribution >= 0.6 is 0 Å². The molecule has 2 rings (SSSR count). The lowest BCUT2D eigenvalue weighted by Crippen LogP contribution is -2.17. The summed E-state index contributed by atoms with van der Waals surface area (Å²) in [6.45, 7) is 1.69. The number of nitrogens with one attached hydrogen (secondary N) is 2. The van der Waals surface area contributed by atoms with Crippen molar-refractivity contribution in [1.29, 1.82) is 0 Å². The molecule has 2 amide bonds. The number of amides is 2. The summed E-state index contributed by atoms with van der Waals surface area (Å²) in [5.74, 6) is -1.16. The van der Waals surface area contributed by atoms with Crippen molar-refractivity contribution in [2.45, 2.75) is 6.92 Å². The maximum atomic E-state index is 11.7. The first-order valence-corrected chi connectivity index (χ1v) is 5.04. The summed E-state index contributed by atoms with van der Waals surface area (Å²) in [5.41, 5.74) is 6.62. The summed E-state index contributed by atoms with van der Waals surface area (Å²) in [4.78, 5) is 22.9. The Morgan fingerprint density at radius 1 is 1.39 bits per heavy atom. The number of anilines is 1. The van der Waals surface area contributed by atoms with Crippen LogP contribution < -0.4 is 11.1 Å². The van der Waals surface area contributed by atoms with Gasteiger partial charge in [-0.15, -0.1) is 10.2 Å². The first kappa shape index (κ1) is 11.7. The molecule has 4 N–H and O–H groups in total. The second-order valence-corrected chi connectivity index (χ2v) is 3.53. The number of hydrogen-bond donors (Lipinski definition) is 3. The Morgan fingerprint density at radius 3 is 2.78 bits per heavy atom. The number of H-pyrrole nitrogens is 1. The quantitative estimate of drug-likeness (QED) is 0.694. The molecule has 92 valence electrons. The third kappa shape index (κ3) is 2.17. The molecule has 1 heterocycles. The van der Waals surface area contributed by atoms with Crippen molar-refractivity contribution < 1.29 is 9.59 Å². The Morgan fingerprint density at radius 2 is 2.17 bits per heavy atom. The number of aromatic amines is 1. The zero-order chi connectivity index (χ0) is 13.1. The number of primary amides is 1. The van der Waals surface area contributed by atoms with Crippen molar-refractivity contribution >= 4 is 17.5 Å². The molecular weight excluding hydrogens is 236 g/mol. The molecule has 1 aromatic heterocycles. The molecule has 0 aliphatic heterocycles. The van der Waals surface area contributed by atoms with Crippen molar-refractivity contribution in [2.75, 3.05) is 5.32 Å². The number of benzene rings is 1. The van der Waals surface area contributed by atoms with Crippen molar-refractivity contribution in [3.63, 3.8) is 0 Å². The van der Waals surface area contributed by atoms with Crippen molar-refractivity contribution in [2.24, 2.45) is 5.73 Å². The molecule has 0 unspecified atom stereocenters. The Balaban J connectivity index is 2.27. The molecule has 0 spiro atoms. The average molecular weight is 246 g/mol. The lowest BCUT2D eigenvalue weighted by molar-refractivity contribution is 0.0994. The highest BCUT2D eigenvalue weighted by Crippen LogP contribution is 2.18. The molecular formula is C10H10N6O2. The highest BCUT2D eigenvalue weighted by Gasteiger charge is 2.14. The van der Waals surface area contributed by atoms with Crippen LogP contribution in [0, 0.1) is 6.92 Å². The molecule has 0 atom stereocenters. The highest BCUT2D eigenvalue weighted by atomic mass is 16.2. The van der Waals surface area contributed by atoms with Gasteiger partial charge in [0.05, 0.1) is 0 Å². The molecule has 0 saturated carbocycles. The fourth-order valence-electron chi connectivity index (χ4n) is 1.47. The van der Waals surface area contributed by atoms with E-state index >= 15 is 0 Å². The molecule has 1 aromatic carbocycles. The number of rotatable bonds is 3. The number of carbonyl (C=O) groups is 2. The van der Waals surface area contributed by atoms with E-state index in [0.717, 1.165) is 0 Å². The third-order valence-corrected chi connectivity index (χ3v) is 2.40.